The van der Waals surface area contributed by atoms with Crippen molar-refractivity contribution in [3.05, 3.63) is 34.9 Å². The van der Waals surface area contributed by atoms with E-state index in [2.05, 4.69) is 32.8 Å². The summed E-state index contributed by atoms with van der Waals surface area (Å²) in [5.41, 5.74) is 8.11. The van der Waals surface area contributed by atoms with Gasteiger partial charge in [-0.15, -0.1) is 0 Å². The molecule has 1 aliphatic carbocycles. The smallest absolute Gasteiger partial charge is 0.225 e. The number of carbonyl (C=O) groups excluding carboxylic acids is 1. The Kier molecular flexibility index (Phi) is 5.79. The number of nitrogens with one attached hydrogen (secondary N) is 2. The molecule has 2 heterocycles. The second-order valence-corrected chi connectivity index (χ2v) is 8.28. The van der Waals surface area contributed by atoms with Crippen LogP contribution in [0.15, 0.2) is 24.3 Å². The molecule has 5 nitrogen and oxygen atoms in total. The fourth-order valence-corrected chi connectivity index (χ4v) is 4.68. The van der Waals surface area contributed by atoms with Gasteiger partial charge >= 0.3 is 0 Å². The summed E-state index contributed by atoms with van der Waals surface area (Å²) in [6.07, 6.45) is 7.28. The fraction of sp³-hybridized carbons (Fsp3) is 0.650. The summed E-state index contributed by atoms with van der Waals surface area (Å²) >= 11 is 5.99. The van der Waals surface area contributed by atoms with E-state index in [1.165, 1.54) is 24.8 Å². The summed E-state index contributed by atoms with van der Waals surface area (Å²) in [7, 11) is 0. The fourth-order valence-electron chi connectivity index (χ4n) is 4.55. The van der Waals surface area contributed by atoms with Crippen LogP contribution >= 0.6 is 11.6 Å². The van der Waals surface area contributed by atoms with Gasteiger partial charge in [-0.25, -0.2) is 10.9 Å². The monoisotopic (exact) mass is 376 g/mol. The molecule has 0 bridgehead atoms. The Bertz CT molecular complexity index is 609. The molecule has 1 saturated carbocycles. The van der Waals surface area contributed by atoms with E-state index < -0.39 is 0 Å². The summed E-state index contributed by atoms with van der Waals surface area (Å²) in [6, 6.07) is 8.37. The third-order valence-electron chi connectivity index (χ3n) is 6.18. The van der Waals surface area contributed by atoms with Gasteiger partial charge in [-0.1, -0.05) is 43.0 Å². The SMILES string of the molecule is O=C(C1CCCCC1)N1CCN(C2CC(c3ccc(Cl)cc3)NN2)CC1. The van der Waals surface area contributed by atoms with Crippen molar-refractivity contribution in [1.82, 2.24) is 20.7 Å². The molecule has 142 valence electrons. The molecular weight excluding hydrogens is 348 g/mol. The standard InChI is InChI=1S/C20H29ClN4O/c21-17-8-6-15(7-9-17)18-14-19(23-22-18)24-10-12-25(13-11-24)20(26)16-4-2-1-3-5-16/h6-9,16,18-19,22-23H,1-5,10-14H2. The highest BCUT2D eigenvalue weighted by Gasteiger charge is 2.33. The third-order valence-corrected chi connectivity index (χ3v) is 6.43. The van der Waals surface area contributed by atoms with Crippen LogP contribution in [-0.2, 0) is 4.79 Å². The van der Waals surface area contributed by atoms with Crippen LogP contribution in [0.25, 0.3) is 0 Å². The zero-order valence-electron chi connectivity index (χ0n) is 15.3. The summed E-state index contributed by atoms with van der Waals surface area (Å²) in [4.78, 5) is 17.3. The van der Waals surface area contributed by atoms with E-state index in [0.29, 0.717) is 18.1 Å². The van der Waals surface area contributed by atoms with Gasteiger partial charge in [-0.2, -0.15) is 0 Å². The topological polar surface area (TPSA) is 47.6 Å². The maximum absolute atomic E-state index is 12.7. The molecule has 0 spiro atoms. The first kappa shape index (κ1) is 18.2. The second kappa shape index (κ2) is 8.26. The van der Waals surface area contributed by atoms with Crippen molar-refractivity contribution < 1.29 is 4.79 Å². The van der Waals surface area contributed by atoms with E-state index in [1.54, 1.807) is 0 Å². The van der Waals surface area contributed by atoms with Gasteiger partial charge in [0.2, 0.25) is 5.91 Å². The summed E-state index contributed by atoms with van der Waals surface area (Å²) < 4.78 is 0. The Morgan fingerprint density at radius 2 is 1.65 bits per heavy atom. The van der Waals surface area contributed by atoms with Gasteiger partial charge < -0.3 is 4.90 Å². The molecule has 2 N–H and O–H groups in total. The third kappa shape index (κ3) is 4.06. The predicted molar refractivity (Wildman–Crippen MR) is 104 cm³/mol. The Morgan fingerprint density at radius 1 is 0.962 bits per heavy atom. The van der Waals surface area contributed by atoms with E-state index >= 15 is 0 Å². The van der Waals surface area contributed by atoms with Crippen LogP contribution in [0.1, 0.15) is 50.1 Å². The Hall–Kier alpha value is -1.14. The van der Waals surface area contributed by atoms with Gasteiger partial charge in [-0.3, -0.25) is 9.69 Å². The first-order chi connectivity index (χ1) is 12.7. The van der Waals surface area contributed by atoms with E-state index in [4.69, 9.17) is 11.6 Å². The lowest BCUT2D eigenvalue weighted by Gasteiger charge is -2.39. The number of hydrogen-bond acceptors (Lipinski definition) is 4. The quantitative estimate of drug-likeness (QED) is 0.851. The average molecular weight is 377 g/mol. The molecule has 26 heavy (non-hydrogen) atoms. The number of piperazine rings is 1. The number of hydrogen-bond donors (Lipinski definition) is 2. The molecule has 3 fully saturated rings. The lowest BCUT2D eigenvalue weighted by Crippen LogP contribution is -2.56. The van der Waals surface area contributed by atoms with Gasteiger partial charge in [0.05, 0.1) is 6.17 Å². The van der Waals surface area contributed by atoms with Crippen LogP contribution in [0, 0.1) is 5.92 Å². The van der Waals surface area contributed by atoms with Crippen molar-refractivity contribution in [3.63, 3.8) is 0 Å². The van der Waals surface area contributed by atoms with Crippen molar-refractivity contribution in [2.75, 3.05) is 26.2 Å². The van der Waals surface area contributed by atoms with Crippen molar-refractivity contribution in [1.29, 1.82) is 0 Å². The highest BCUT2D eigenvalue weighted by atomic mass is 35.5. The molecule has 2 unspecified atom stereocenters. The number of hydrazine groups is 1. The molecule has 1 aromatic carbocycles. The van der Waals surface area contributed by atoms with Crippen molar-refractivity contribution in [2.45, 2.75) is 50.7 Å². The number of amides is 1. The molecule has 0 radical (unpaired) electrons. The number of carbonyl (C=O) groups is 1. The van der Waals surface area contributed by atoms with Gasteiger partial charge in [-0.05, 0) is 37.0 Å². The van der Waals surface area contributed by atoms with E-state index in [1.807, 2.05) is 12.1 Å². The highest BCUT2D eigenvalue weighted by Crippen LogP contribution is 2.28. The summed E-state index contributed by atoms with van der Waals surface area (Å²) in [5.74, 6) is 0.691. The minimum atomic E-state index is 0.288. The highest BCUT2D eigenvalue weighted by molar-refractivity contribution is 6.30. The number of rotatable bonds is 3. The molecule has 1 aromatic rings. The van der Waals surface area contributed by atoms with Crippen LogP contribution in [0.2, 0.25) is 5.02 Å². The molecule has 6 heteroatoms. The number of nitrogens with zero attached hydrogens (tertiary/aromatic N) is 2. The normalized spacial score (nSPS) is 28.4. The molecular formula is C20H29ClN4O. The van der Waals surface area contributed by atoms with Crippen molar-refractivity contribution in [3.8, 4) is 0 Å². The zero-order valence-corrected chi connectivity index (χ0v) is 16.0. The predicted octanol–water partition coefficient (Wildman–Crippen LogP) is 2.93. The van der Waals surface area contributed by atoms with Gasteiger partial charge in [0.15, 0.2) is 0 Å². The van der Waals surface area contributed by atoms with Crippen LogP contribution in [-0.4, -0.2) is 48.1 Å². The molecule has 4 rings (SSSR count). The first-order valence-electron chi connectivity index (χ1n) is 10.00. The van der Waals surface area contributed by atoms with Crippen LogP contribution < -0.4 is 10.9 Å². The van der Waals surface area contributed by atoms with Gasteiger partial charge in [0, 0.05) is 43.2 Å². The van der Waals surface area contributed by atoms with Crippen LogP contribution in [0.3, 0.4) is 0 Å². The lowest BCUT2D eigenvalue weighted by atomic mass is 9.88. The lowest BCUT2D eigenvalue weighted by molar-refractivity contribution is -0.138. The minimum absolute atomic E-state index is 0.288. The molecule has 2 saturated heterocycles. The Balaban J connectivity index is 1.27. The van der Waals surface area contributed by atoms with Crippen LogP contribution in [0.5, 0.6) is 0 Å². The summed E-state index contributed by atoms with van der Waals surface area (Å²) in [6.45, 7) is 3.62. The Morgan fingerprint density at radius 3 is 2.35 bits per heavy atom. The maximum atomic E-state index is 12.7. The van der Waals surface area contributed by atoms with E-state index in [0.717, 1.165) is 50.5 Å². The molecule has 1 amide bonds. The maximum Gasteiger partial charge on any atom is 0.225 e. The van der Waals surface area contributed by atoms with Crippen LogP contribution in [0.4, 0.5) is 0 Å². The minimum Gasteiger partial charge on any atom is -0.340 e. The largest absolute Gasteiger partial charge is 0.340 e. The Labute approximate surface area is 161 Å². The van der Waals surface area contributed by atoms with Crippen molar-refractivity contribution >= 4 is 17.5 Å². The number of halogens is 1. The summed E-state index contributed by atoms with van der Waals surface area (Å²) in [5, 5.41) is 0.773. The number of benzene rings is 1. The van der Waals surface area contributed by atoms with E-state index in [9.17, 15) is 4.79 Å². The molecule has 0 aromatic heterocycles. The molecule has 2 aliphatic heterocycles. The van der Waals surface area contributed by atoms with Gasteiger partial charge in [0.25, 0.3) is 0 Å². The molecule has 2 atom stereocenters. The van der Waals surface area contributed by atoms with Gasteiger partial charge in [0.1, 0.15) is 0 Å². The zero-order chi connectivity index (χ0) is 17.9. The molecule has 3 aliphatic rings. The second-order valence-electron chi connectivity index (χ2n) is 7.84. The van der Waals surface area contributed by atoms with Crippen molar-refractivity contribution in [2.24, 2.45) is 5.92 Å². The average Bonchev–Trinajstić information content (AvgIpc) is 3.19. The first-order valence-corrected chi connectivity index (χ1v) is 10.4. The van der Waals surface area contributed by atoms with E-state index in [-0.39, 0.29) is 5.92 Å².